The Morgan fingerprint density at radius 1 is 1.22 bits per heavy atom. The van der Waals surface area contributed by atoms with Crippen molar-refractivity contribution in [2.45, 2.75) is 6.42 Å². The van der Waals surface area contributed by atoms with E-state index in [1.807, 2.05) is 6.07 Å². The molecule has 2 rings (SSSR count). The average molecular weight is 288 g/mol. The van der Waals surface area contributed by atoms with Crippen molar-refractivity contribution in [3.8, 4) is 0 Å². The van der Waals surface area contributed by atoms with E-state index in [0.717, 1.165) is 23.8 Å². The van der Waals surface area contributed by atoms with Crippen LogP contribution in [0, 0.1) is 0 Å². The lowest BCUT2D eigenvalue weighted by molar-refractivity contribution is 0.155. The van der Waals surface area contributed by atoms with Crippen molar-refractivity contribution in [2.75, 3.05) is 52.9 Å². The zero-order valence-corrected chi connectivity index (χ0v) is 12.6. The molecule has 1 aromatic rings. The van der Waals surface area contributed by atoms with Gasteiger partial charge in [0.15, 0.2) is 0 Å². The molecule has 1 aromatic heterocycles. The van der Waals surface area contributed by atoms with E-state index >= 15 is 0 Å². The predicted octanol–water partition coefficient (Wildman–Crippen LogP) is 1.78. The van der Waals surface area contributed by atoms with Crippen LogP contribution in [0.5, 0.6) is 0 Å². The van der Waals surface area contributed by atoms with E-state index in [1.54, 1.807) is 11.3 Å². The van der Waals surface area contributed by atoms with Gasteiger partial charge in [0.2, 0.25) is 0 Å². The molecule has 0 saturated carbocycles. The Balaban J connectivity index is 1.51. The fourth-order valence-corrected chi connectivity index (χ4v) is 3.22. The Bertz CT molecular complexity index is 348. The van der Waals surface area contributed by atoms with Gasteiger partial charge in [-0.15, -0.1) is 11.3 Å². The lowest BCUT2D eigenvalue weighted by Gasteiger charge is -2.32. The van der Waals surface area contributed by atoms with Gasteiger partial charge in [0, 0.05) is 50.7 Å². The van der Waals surface area contributed by atoms with Gasteiger partial charge in [-0.05, 0) is 25.6 Å². The molecule has 1 aliphatic heterocycles. The molecule has 0 spiro atoms. The highest BCUT2D eigenvalue weighted by atomic mass is 35.5. The zero-order valence-electron chi connectivity index (χ0n) is 11.0. The first kappa shape index (κ1) is 14.3. The molecule has 1 fully saturated rings. The third-order valence-corrected chi connectivity index (χ3v) is 4.67. The van der Waals surface area contributed by atoms with Crippen LogP contribution in [0.1, 0.15) is 4.88 Å². The number of nitrogens with zero attached hydrogens (tertiary/aromatic N) is 2. The molecule has 18 heavy (non-hydrogen) atoms. The Morgan fingerprint density at radius 2 is 2.00 bits per heavy atom. The number of thiophene rings is 1. The number of piperazine rings is 1. The molecule has 2 heterocycles. The van der Waals surface area contributed by atoms with Gasteiger partial charge in [0.25, 0.3) is 0 Å². The summed E-state index contributed by atoms with van der Waals surface area (Å²) in [6.45, 7) is 8.12. The second-order valence-corrected chi connectivity index (χ2v) is 6.65. The fraction of sp³-hybridized carbons (Fsp3) is 0.692. The van der Waals surface area contributed by atoms with Crippen LogP contribution in [0.4, 0.5) is 0 Å². The maximum Gasteiger partial charge on any atom is 0.0931 e. The molecule has 102 valence electrons. The number of rotatable bonds is 6. The molecule has 1 saturated heterocycles. The minimum atomic E-state index is 0.891. The van der Waals surface area contributed by atoms with Crippen molar-refractivity contribution < 1.29 is 0 Å². The summed E-state index contributed by atoms with van der Waals surface area (Å²) in [4.78, 5) is 6.30. The average Bonchev–Trinajstić information content (AvgIpc) is 2.77. The minimum Gasteiger partial charge on any atom is -0.315 e. The SMILES string of the molecule is CN1CCN(CCNCCc2ccc(Cl)s2)CC1. The van der Waals surface area contributed by atoms with Gasteiger partial charge >= 0.3 is 0 Å². The van der Waals surface area contributed by atoms with Crippen LogP contribution in [0.25, 0.3) is 0 Å². The molecular formula is C13H22ClN3S. The van der Waals surface area contributed by atoms with E-state index in [1.165, 1.54) is 37.6 Å². The topological polar surface area (TPSA) is 18.5 Å². The molecule has 1 N–H and O–H groups in total. The molecule has 0 atom stereocenters. The van der Waals surface area contributed by atoms with E-state index < -0.39 is 0 Å². The van der Waals surface area contributed by atoms with E-state index in [-0.39, 0.29) is 0 Å². The number of nitrogens with one attached hydrogen (secondary N) is 1. The van der Waals surface area contributed by atoms with Crippen LogP contribution in [0.2, 0.25) is 4.34 Å². The Morgan fingerprint density at radius 3 is 2.67 bits per heavy atom. The van der Waals surface area contributed by atoms with Crippen molar-refractivity contribution in [2.24, 2.45) is 0 Å². The molecular weight excluding hydrogens is 266 g/mol. The van der Waals surface area contributed by atoms with Gasteiger partial charge < -0.3 is 10.2 Å². The van der Waals surface area contributed by atoms with Gasteiger partial charge in [0.05, 0.1) is 4.34 Å². The summed E-state index contributed by atoms with van der Waals surface area (Å²) in [5.41, 5.74) is 0. The lowest BCUT2D eigenvalue weighted by Crippen LogP contribution is -2.46. The van der Waals surface area contributed by atoms with Gasteiger partial charge in [-0.1, -0.05) is 11.6 Å². The highest BCUT2D eigenvalue weighted by Crippen LogP contribution is 2.21. The first-order valence-corrected chi connectivity index (χ1v) is 7.79. The van der Waals surface area contributed by atoms with Crippen molar-refractivity contribution in [1.82, 2.24) is 15.1 Å². The number of likely N-dealkylation sites (N-methyl/N-ethyl adjacent to an activating group) is 1. The number of halogens is 1. The summed E-state index contributed by atoms with van der Waals surface area (Å²) in [5, 5.41) is 3.51. The number of hydrogen-bond donors (Lipinski definition) is 1. The Kier molecular flexibility index (Phi) is 5.92. The van der Waals surface area contributed by atoms with Crippen LogP contribution in [0.15, 0.2) is 12.1 Å². The predicted molar refractivity (Wildman–Crippen MR) is 79.8 cm³/mol. The van der Waals surface area contributed by atoms with E-state index in [2.05, 4.69) is 28.2 Å². The first-order valence-electron chi connectivity index (χ1n) is 6.60. The monoisotopic (exact) mass is 287 g/mol. The van der Waals surface area contributed by atoms with E-state index in [4.69, 9.17) is 11.6 Å². The maximum absolute atomic E-state index is 5.90. The van der Waals surface area contributed by atoms with E-state index in [0.29, 0.717) is 0 Å². The molecule has 1 aliphatic rings. The maximum atomic E-state index is 5.90. The summed E-state index contributed by atoms with van der Waals surface area (Å²) in [6, 6.07) is 4.10. The number of hydrogen-bond acceptors (Lipinski definition) is 4. The molecule has 0 unspecified atom stereocenters. The van der Waals surface area contributed by atoms with Crippen molar-refractivity contribution in [3.63, 3.8) is 0 Å². The molecule has 0 aliphatic carbocycles. The smallest absolute Gasteiger partial charge is 0.0931 e. The van der Waals surface area contributed by atoms with Crippen LogP contribution in [-0.2, 0) is 6.42 Å². The van der Waals surface area contributed by atoms with Crippen LogP contribution in [0.3, 0.4) is 0 Å². The molecule has 0 amide bonds. The normalized spacial score (nSPS) is 18.3. The highest BCUT2D eigenvalue weighted by molar-refractivity contribution is 7.16. The van der Waals surface area contributed by atoms with Crippen LogP contribution >= 0.6 is 22.9 Å². The lowest BCUT2D eigenvalue weighted by atomic mass is 10.3. The van der Waals surface area contributed by atoms with Crippen LogP contribution < -0.4 is 5.32 Å². The summed E-state index contributed by atoms with van der Waals surface area (Å²) in [7, 11) is 2.20. The Hall–Kier alpha value is -0.130. The highest BCUT2D eigenvalue weighted by Gasteiger charge is 2.12. The summed E-state index contributed by atoms with van der Waals surface area (Å²) >= 11 is 7.58. The standard InChI is InChI=1S/C13H22ClN3S/c1-16-8-10-17(11-9-16)7-6-15-5-4-12-2-3-13(14)18-12/h2-3,15H,4-11H2,1H3. The molecule has 0 bridgehead atoms. The van der Waals surface area contributed by atoms with Gasteiger partial charge in [-0.3, -0.25) is 4.90 Å². The molecule has 0 radical (unpaired) electrons. The van der Waals surface area contributed by atoms with Crippen molar-refractivity contribution >= 4 is 22.9 Å². The molecule has 0 aromatic carbocycles. The minimum absolute atomic E-state index is 0.891. The van der Waals surface area contributed by atoms with Gasteiger partial charge in [0.1, 0.15) is 0 Å². The van der Waals surface area contributed by atoms with Crippen LogP contribution in [-0.4, -0.2) is 62.7 Å². The summed E-state index contributed by atoms with van der Waals surface area (Å²) in [5.74, 6) is 0. The van der Waals surface area contributed by atoms with Gasteiger partial charge in [-0.25, -0.2) is 0 Å². The van der Waals surface area contributed by atoms with Crippen molar-refractivity contribution in [1.29, 1.82) is 0 Å². The largest absolute Gasteiger partial charge is 0.315 e. The Labute approximate surface area is 119 Å². The quantitative estimate of drug-likeness (QED) is 0.805. The third-order valence-electron chi connectivity index (χ3n) is 3.38. The zero-order chi connectivity index (χ0) is 12.8. The van der Waals surface area contributed by atoms with Gasteiger partial charge in [-0.2, -0.15) is 0 Å². The molecule has 5 heteroatoms. The summed E-state index contributed by atoms with van der Waals surface area (Å²) < 4.78 is 0.891. The first-order chi connectivity index (χ1) is 8.74. The van der Waals surface area contributed by atoms with E-state index in [9.17, 15) is 0 Å². The van der Waals surface area contributed by atoms with Crippen molar-refractivity contribution in [3.05, 3.63) is 21.3 Å². The third kappa shape index (κ3) is 4.86. The second kappa shape index (κ2) is 7.46. The molecule has 3 nitrogen and oxygen atoms in total. The fourth-order valence-electron chi connectivity index (χ4n) is 2.13. The summed E-state index contributed by atoms with van der Waals surface area (Å²) in [6.07, 6.45) is 1.08. The second-order valence-electron chi connectivity index (χ2n) is 4.85.